The van der Waals surface area contributed by atoms with Crippen LogP contribution in [0.2, 0.25) is 0 Å². The molecule has 1 fully saturated rings. The normalized spacial score (nSPS) is 21.3. The van der Waals surface area contributed by atoms with E-state index in [9.17, 15) is 13.2 Å². The number of pyridine rings is 1. The molecule has 2 atom stereocenters. The Hall–Kier alpha value is -1.84. The molecule has 0 saturated heterocycles. The van der Waals surface area contributed by atoms with E-state index >= 15 is 0 Å². The minimum atomic E-state index is -4.34. The van der Waals surface area contributed by atoms with Gasteiger partial charge in [0.2, 0.25) is 0 Å². The van der Waals surface area contributed by atoms with E-state index in [1.165, 1.54) is 12.1 Å². The molecule has 0 bridgehead atoms. The molecule has 0 radical (unpaired) electrons. The van der Waals surface area contributed by atoms with Gasteiger partial charge in [0.05, 0.1) is 5.56 Å². The van der Waals surface area contributed by atoms with Gasteiger partial charge < -0.3 is 0 Å². The predicted octanol–water partition coefficient (Wildman–Crippen LogP) is 5.28. The maximum absolute atomic E-state index is 13.1. The highest BCUT2D eigenvalue weighted by atomic mass is 19.4. The first-order valence-electron chi connectivity index (χ1n) is 7.13. The molecule has 1 aliphatic rings. The van der Waals surface area contributed by atoms with Crippen LogP contribution in [0.3, 0.4) is 0 Å². The first-order chi connectivity index (χ1) is 10.0. The minimum Gasteiger partial charge on any atom is -0.261 e. The average molecular weight is 291 g/mol. The van der Waals surface area contributed by atoms with E-state index < -0.39 is 11.7 Å². The Morgan fingerprint density at radius 1 is 1.19 bits per heavy atom. The van der Waals surface area contributed by atoms with Gasteiger partial charge in [-0.1, -0.05) is 31.5 Å². The van der Waals surface area contributed by atoms with Crippen LogP contribution in [0.25, 0.3) is 11.1 Å². The molecule has 0 N–H and O–H groups in total. The SMILES string of the molecule is CC[C@H]1C[C@@H]1c1cc(-c2ccccc2C(F)(F)F)ccn1. The van der Waals surface area contributed by atoms with Crippen molar-refractivity contribution in [1.82, 2.24) is 4.98 Å². The summed E-state index contributed by atoms with van der Waals surface area (Å²) in [5.74, 6) is 1.04. The monoisotopic (exact) mass is 291 g/mol. The summed E-state index contributed by atoms with van der Waals surface area (Å²) in [4.78, 5) is 4.34. The van der Waals surface area contributed by atoms with Crippen molar-refractivity contribution in [2.45, 2.75) is 31.9 Å². The van der Waals surface area contributed by atoms with E-state index in [-0.39, 0.29) is 5.56 Å². The van der Waals surface area contributed by atoms with Crippen molar-refractivity contribution in [1.29, 1.82) is 0 Å². The van der Waals surface area contributed by atoms with Crippen LogP contribution in [0, 0.1) is 5.92 Å². The standard InChI is InChI=1S/C17H16F3N/c1-2-11-9-14(11)16-10-12(7-8-21-16)13-5-3-4-6-15(13)17(18,19)20/h3-8,10-11,14H,2,9H2,1H3/t11-,14-/m0/s1. The van der Waals surface area contributed by atoms with Crippen molar-refractivity contribution < 1.29 is 13.2 Å². The van der Waals surface area contributed by atoms with E-state index in [1.807, 2.05) is 6.07 Å². The summed E-state index contributed by atoms with van der Waals surface area (Å²) in [5.41, 5.74) is 1.14. The van der Waals surface area contributed by atoms with Gasteiger partial charge >= 0.3 is 6.18 Å². The smallest absolute Gasteiger partial charge is 0.261 e. The molecular formula is C17H16F3N. The highest BCUT2D eigenvalue weighted by Crippen LogP contribution is 2.49. The molecule has 1 aliphatic carbocycles. The van der Waals surface area contributed by atoms with Crippen molar-refractivity contribution >= 4 is 0 Å². The molecule has 21 heavy (non-hydrogen) atoms. The average Bonchev–Trinajstić information content (AvgIpc) is 3.26. The van der Waals surface area contributed by atoms with Gasteiger partial charge in [0.1, 0.15) is 0 Å². The minimum absolute atomic E-state index is 0.224. The van der Waals surface area contributed by atoms with E-state index in [0.717, 1.165) is 24.6 Å². The van der Waals surface area contributed by atoms with Gasteiger partial charge in [-0.15, -0.1) is 0 Å². The van der Waals surface area contributed by atoms with Gasteiger partial charge in [0, 0.05) is 17.8 Å². The quantitative estimate of drug-likeness (QED) is 0.749. The van der Waals surface area contributed by atoms with E-state index in [4.69, 9.17) is 0 Å². The second-order valence-corrected chi connectivity index (χ2v) is 5.52. The van der Waals surface area contributed by atoms with Crippen molar-refractivity contribution in [2.24, 2.45) is 5.92 Å². The van der Waals surface area contributed by atoms with Crippen molar-refractivity contribution in [3.05, 3.63) is 53.9 Å². The number of hydrogen-bond acceptors (Lipinski definition) is 1. The second kappa shape index (κ2) is 5.17. The number of alkyl halides is 3. The Bertz CT molecular complexity index is 648. The lowest BCUT2D eigenvalue weighted by Gasteiger charge is -2.13. The fraction of sp³-hybridized carbons (Fsp3) is 0.353. The maximum atomic E-state index is 13.1. The van der Waals surface area contributed by atoms with Gasteiger partial charge in [-0.25, -0.2) is 0 Å². The number of benzene rings is 1. The van der Waals surface area contributed by atoms with Gasteiger partial charge in [0.15, 0.2) is 0 Å². The summed E-state index contributed by atoms with van der Waals surface area (Å²) < 4.78 is 39.3. The number of rotatable bonds is 3. The van der Waals surface area contributed by atoms with Crippen molar-refractivity contribution in [3.63, 3.8) is 0 Å². The molecule has 1 nitrogen and oxygen atoms in total. The summed E-state index contributed by atoms with van der Waals surface area (Å²) in [7, 11) is 0. The number of hydrogen-bond donors (Lipinski definition) is 0. The third-order valence-electron chi connectivity index (χ3n) is 4.15. The highest BCUT2D eigenvalue weighted by molar-refractivity contribution is 5.68. The predicted molar refractivity (Wildman–Crippen MR) is 75.8 cm³/mol. The topological polar surface area (TPSA) is 12.9 Å². The van der Waals surface area contributed by atoms with Crippen molar-refractivity contribution in [2.75, 3.05) is 0 Å². The lowest BCUT2D eigenvalue weighted by molar-refractivity contribution is -0.137. The zero-order valence-electron chi connectivity index (χ0n) is 11.7. The number of nitrogens with zero attached hydrogens (tertiary/aromatic N) is 1. The molecule has 1 aromatic carbocycles. The van der Waals surface area contributed by atoms with Crippen LogP contribution in [-0.4, -0.2) is 4.98 Å². The molecular weight excluding hydrogens is 275 g/mol. The zero-order chi connectivity index (χ0) is 15.0. The largest absolute Gasteiger partial charge is 0.417 e. The Morgan fingerprint density at radius 2 is 1.95 bits per heavy atom. The van der Waals surface area contributed by atoms with Crippen LogP contribution < -0.4 is 0 Å². The van der Waals surface area contributed by atoms with Gasteiger partial charge in [-0.3, -0.25) is 4.98 Å². The summed E-state index contributed by atoms with van der Waals surface area (Å²) in [6.07, 6.45) is -0.544. The second-order valence-electron chi connectivity index (χ2n) is 5.52. The van der Waals surface area contributed by atoms with Crippen LogP contribution in [0.5, 0.6) is 0 Å². The third-order valence-corrected chi connectivity index (χ3v) is 4.15. The first-order valence-corrected chi connectivity index (χ1v) is 7.13. The van der Waals surface area contributed by atoms with Crippen LogP contribution in [0.4, 0.5) is 13.2 Å². The fourth-order valence-corrected chi connectivity index (χ4v) is 2.86. The molecule has 4 heteroatoms. The zero-order valence-corrected chi connectivity index (χ0v) is 11.7. The van der Waals surface area contributed by atoms with Gasteiger partial charge in [0.25, 0.3) is 0 Å². The number of halogens is 3. The van der Waals surface area contributed by atoms with Crippen LogP contribution in [0.1, 0.15) is 36.9 Å². The van der Waals surface area contributed by atoms with Gasteiger partial charge in [-0.2, -0.15) is 13.2 Å². The number of aromatic nitrogens is 1. The molecule has 1 heterocycles. The maximum Gasteiger partial charge on any atom is 0.417 e. The Labute approximate surface area is 121 Å². The lowest BCUT2D eigenvalue weighted by atomic mass is 9.99. The molecule has 1 saturated carbocycles. The molecule has 0 amide bonds. The molecule has 110 valence electrons. The van der Waals surface area contributed by atoms with Crippen molar-refractivity contribution in [3.8, 4) is 11.1 Å². The molecule has 3 rings (SSSR count). The Kier molecular flexibility index (Phi) is 3.47. The molecule has 0 unspecified atom stereocenters. The molecule has 0 spiro atoms. The summed E-state index contributed by atoms with van der Waals surface area (Å²) in [6, 6.07) is 9.16. The molecule has 0 aliphatic heterocycles. The fourth-order valence-electron chi connectivity index (χ4n) is 2.86. The van der Waals surface area contributed by atoms with Crippen LogP contribution in [0.15, 0.2) is 42.6 Å². The van der Waals surface area contributed by atoms with Crippen LogP contribution in [-0.2, 0) is 6.18 Å². The molecule has 1 aromatic heterocycles. The van der Waals surface area contributed by atoms with E-state index in [2.05, 4.69) is 11.9 Å². The van der Waals surface area contributed by atoms with Gasteiger partial charge in [-0.05, 0) is 41.7 Å². The lowest BCUT2D eigenvalue weighted by Crippen LogP contribution is -2.07. The van der Waals surface area contributed by atoms with Crippen LogP contribution >= 0.6 is 0 Å². The summed E-state index contributed by atoms with van der Waals surface area (Å²) in [5, 5.41) is 0. The summed E-state index contributed by atoms with van der Waals surface area (Å²) >= 11 is 0. The Balaban J connectivity index is 2.00. The third kappa shape index (κ3) is 2.80. The summed E-state index contributed by atoms with van der Waals surface area (Å²) in [6.45, 7) is 2.13. The Morgan fingerprint density at radius 3 is 2.62 bits per heavy atom. The molecule has 2 aromatic rings. The first kappa shape index (κ1) is 14.1. The highest BCUT2D eigenvalue weighted by Gasteiger charge is 2.38. The van der Waals surface area contributed by atoms with E-state index in [1.54, 1.807) is 18.3 Å². The van der Waals surface area contributed by atoms with E-state index in [0.29, 0.717) is 17.4 Å².